The Balaban J connectivity index is 4.03. The number of rotatable bonds is 2. The summed E-state index contributed by atoms with van der Waals surface area (Å²) in [6.45, 7) is 0. The van der Waals surface area contributed by atoms with Crippen LogP contribution >= 0.6 is 0 Å². The molecule has 0 saturated heterocycles. The normalized spacial score (nSPS) is 13.4. The summed E-state index contributed by atoms with van der Waals surface area (Å²) in [6.07, 6.45) is 0.674. The highest BCUT2D eigenvalue weighted by Gasteiger charge is 1.94. The van der Waals surface area contributed by atoms with Gasteiger partial charge in [-0.3, -0.25) is 4.55 Å². The lowest BCUT2D eigenvalue weighted by Crippen LogP contribution is -1.89. The van der Waals surface area contributed by atoms with E-state index < -0.39 is 10.3 Å². The maximum atomic E-state index is 9.70. The molecule has 52 valence electrons. The van der Waals surface area contributed by atoms with Crippen molar-refractivity contribution < 1.29 is 13.0 Å². The molecule has 0 saturated carbocycles. The average Bonchev–Trinajstić information content (AvgIpc) is 1.63. The van der Waals surface area contributed by atoms with Crippen LogP contribution in [-0.4, -0.2) is 19.3 Å². The van der Waals surface area contributed by atoms with E-state index >= 15 is 0 Å². The Morgan fingerprint density at radius 2 is 2.11 bits per heavy atom. The summed E-state index contributed by atoms with van der Waals surface area (Å²) in [5.41, 5.74) is 0. The van der Waals surface area contributed by atoms with Gasteiger partial charge in [0, 0.05) is 0 Å². The first-order chi connectivity index (χ1) is 4.06. The van der Waals surface area contributed by atoms with Gasteiger partial charge < -0.3 is 5.84 Å². The molecule has 0 atom stereocenters. The molecule has 7 nitrogen and oxygen atoms in total. The lowest BCUT2D eigenvalue weighted by atomic mass is 11.4. The molecule has 0 aliphatic carbocycles. The van der Waals surface area contributed by atoms with Crippen LogP contribution < -0.4 is 5.84 Å². The first-order valence-electron chi connectivity index (χ1n) is 1.67. The Bertz CT molecular complexity index is 214. The van der Waals surface area contributed by atoms with Crippen LogP contribution in [0.3, 0.4) is 0 Å². The van der Waals surface area contributed by atoms with Gasteiger partial charge in [-0.15, -0.1) is 5.11 Å². The average molecular weight is 152 g/mol. The fraction of sp³-hybridized carbons (Fsp3) is 0. The predicted octanol–water partition coefficient (Wildman–Crippen LogP) is -0.857. The SMILES string of the molecule is NN=CN=NS(=O)(=O)O. The third kappa shape index (κ3) is 6.98. The molecule has 0 bridgehead atoms. The van der Waals surface area contributed by atoms with Gasteiger partial charge in [0.25, 0.3) is 0 Å². The maximum absolute atomic E-state index is 9.70. The lowest BCUT2D eigenvalue weighted by molar-refractivity contribution is 0.483. The van der Waals surface area contributed by atoms with E-state index in [0.717, 1.165) is 0 Å². The minimum atomic E-state index is -4.38. The molecule has 0 aromatic heterocycles. The number of hydrogen-bond donors (Lipinski definition) is 2. The molecule has 0 aromatic rings. The molecule has 0 rings (SSSR count). The number of hydrogen-bond acceptors (Lipinski definition) is 4. The number of nitrogens with zero attached hydrogens (tertiary/aromatic N) is 3. The second kappa shape index (κ2) is 3.10. The zero-order valence-electron chi connectivity index (χ0n) is 4.17. The molecule has 0 aromatic carbocycles. The first-order valence-corrected chi connectivity index (χ1v) is 3.07. The van der Waals surface area contributed by atoms with Crippen LogP contribution in [0.1, 0.15) is 0 Å². The Labute approximate surface area is 51.2 Å². The van der Waals surface area contributed by atoms with Crippen LogP contribution in [0.2, 0.25) is 0 Å². The molecule has 0 aliphatic rings. The van der Waals surface area contributed by atoms with Crippen molar-refractivity contribution in [2.75, 3.05) is 0 Å². The zero-order chi connectivity index (χ0) is 7.33. The van der Waals surface area contributed by atoms with Gasteiger partial charge >= 0.3 is 10.3 Å². The van der Waals surface area contributed by atoms with Crippen LogP contribution in [0.5, 0.6) is 0 Å². The number of hydrazone groups is 1. The topological polar surface area (TPSA) is 117 Å². The quantitative estimate of drug-likeness (QED) is 0.134. The lowest BCUT2D eigenvalue weighted by Gasteiger charge is -1.76. The molecule has 3 N–H and O–H groups in total. The summed E-state index contributed by atoms with van der Waals surface area (Å²) in [5, 5.41) is 5.51. The van der Waals surface area contributed by atoms with Gasteiger partial charge in [-0.25, -0.2) is 0 Å². The van der Waals surface area contributed by atoms with Gasteiger partial charge in [0.2, 0.25) is 0 Å². The Morgan fingerprint density at radius 1 is 1.56 bits per heavy atom. The van der Waals surface area contributed by atoms with E-state index in [2.05, 4.69) is 20.6 Å². The Morgan fingerprint density at radius 3 is 2.44 bits per heavy atom. The summed E-state index contributed by atoms with van der Waals surface area (Å²) in [7, 11) is -4.38. The summed E-state index contributed by atoms with van der Waals surface area (Å²) < 4.78 is 29.6. The van der Waals surface area contributed by atoms with E-state index in [0.29, 0.717) is 6.34 Å². The minimum absolute atomic E-state index is 0.674. The smallest absolute Gasteiger partial charge is 0.322 e. The summed E-state index contributed by atoms with van der Waals surface area (Å²) in [6, 6.07) is 0. The third-order valence-electron chi connectivity index (χ3n) is 0.269. The molecule has 0 unspecified atom stereocenters. The molecular formula is CH4N4O3S. The summed E-state index contributed by atoms with van der Waals surface area (Å²) >= 11 is 0. The van der Waals surface area contributed by atoms with Crippen molar-refractivity contribution in [3.05, 3.63) is 0 Å². The summed E-state index contributed by atoms with van der Waals surface area (Å²) in [4.78, 5) is 0. The van der Waals surface area contributed by atoms with Crippen molar-refractivity contribution in [2.24, 2.45) is 20.6 Å². The van der Waals surface area contributed by atoms with E-state index in [4.69, 9.17) is 4.55 Å². The first kappa shape index (κ1) is 7.98. The highest BCUT2D eigenvalue weighted by atomic mass is 32.2. The molecule has 0 aliphatic heterocycles. The highest BCUT2D eigenvalue weighted by Crippen LogP contribution is 1.82. The molecule has 0 fully saturated rings. The van der Waals surface area contributed by atoms with Crippen LogP contribution in [0, 0.1) is 0 Å². The molecule has 0 amide bonds. The van der Waals surface area contributed by atoms with Crippen molar-refractivity contribution in [1.82, 2.24) is 0 Å². The molecule has 0 radical (unpaired) electrons. The third-order valence-corrected chi connectivity index (χ3v) is 0.569. The van der Waals surface area contributed by atoms with Crippen molar-refractivity contribution >= 4 is 16.6 Å². The standard InChI is InChI=1S/CH4N4O3S/c2-3-1-4-5-9(6,7)8/h1H,2H2,(H,6,7,8). The fourth-order valence-electron chi connectivity index (χ4n) is 0.110. The second-order valence-electron chi connectivity index (χ2n) is 0.909. The number of nitrogens with two attached hydrogens (primary N) is 1. The minimum Gasteiger partial charge on any atom is -0.322 e. The second-order valence-corrected chi connectivity index (χ2v) is 1.97. The maximum Gasteiger partial charge on any atom is 0.396 e. The van der Waals surface area contributed by atoms with Gasteiger partial charge in [-0.05, 0) is 4.52 Å². The van der Waals surface area contributed by atoms with Crippen molar-refractivity contribution in [1.29, 1.82) is 0 Å². The van der Waals surface area contributed by atoms with Crippen LogP contribution in [0.4, 0.5) is 0 Å². The predicted molar refractivity (Wildman–Crippen MR) is 29.1 cm³/mol. The van der Waals surface area contributed by atoms with E-state index in [9.17, 15) is 8.42 Å². The molecule has 0 heterocycles. The monoisotopic (exact) mass is 152 g/mol. The van der Waals surface area contributed by atoms with E-state index in [1.165, 1.54) is 0 Å². The van der Waals surface area contributed by atoms with Crippen molar-refractivity contribution in [2.45, 2.75) is 0 Å². The van der Waals surface area contributed by atoms with Gasteiger partial charge in [0.1, 0.15) is 0 Å². The Kier molecular flexibility index (Phi) is 2.74. The van der Waals surface area contributed by atoms with Gasteiger partial charge in [-0.2, -0.15) is 13.5 Å². The molecule has 8 heteroatoms. The molecule has 0 spiro atoms. The van der Waals surface area contributed by atoms with E-state index in [1.807, 2.05) is 0 Å². The highest BCUT2D eigenvalue weighted by molar-refractivity contribution is 7.84. The van der Waals surface area contributed by atoms with Crippen molar-refractivity contribution in [3.8, 4) is 0 Å². The van der Waals surface area contributed by atoms with E-state index in [-0.39, 0.29) is 0 Å². The van der Waals surface area contributed by atoms with Crippen LogP contribution in [0.25, 0.3) is 0 Å². The van der Waals surface area contributed by atoms with Gasteiger partial charge in [0.05, 0.1) is 0 Å². The van der Waals surface area contributed by atoms with E-state index in [1.54, 1.807) is 0 Å². The molecule has 9 heavy (non-hydrogen) atoms. The van der Waals surface area contributed by atoms with Crippen LogP contribution in [-0.2, 0) is 10.3 Å². The largest absolute Gasteiger partial charge is 0.396 e. The van der Waals surface area contributed by atoms with Gasteiger partial charge in [-0.1, -0.05) is 0 Å². The van der Waals surface area contributed by atoms with Crippen molar-refractivity contribution in [3.63, 3.8) is 0 Å². The Hall–Kier alpha value is -1.02. The molecular weight excluding hydrogens is 148 g/mol. The van der Waals surface area contributed by atoms with Gasteiger partial charge in [0.15, 0.2) is 6.34 Å². The van der Waals surface area contributed by atoms with Crippen LogP contribution in [0.15, 0.2) is 14.7 Å². The fourth-order valence-corrected chi connectivity index (χ4v) is 0.272. The summed E-state index contributed by atoms with van der Waals surface area (Å²) in [5.74, 6) is 4.50. The zero-order valence-corrected chi connectivity index (χ0v) is 4.98.